The van der Waals surface area contributed by atoms with E-state index < -0.39 is 34.5 Å². The van der Waals surface area contributed by atoms with Crippen molar-refractivity contribution in [2.45, 2.75) is 52.5 Å². The number of amides is 1. The molecule has 0 aliphatic rings. The second-order valence-corrected chi connectivity index (χ2v) is 9.20. The minimum Gasteiger partial charge on any atom is -0.494 e. The average molecular weight is 463 g/mol. The van der Waals surface area contributed by atoms with Gasteiger partial charge in [-0.3, -0.25) is 9.59 Å². The number of hydrogen-bond donors (Lipinski definition) is 2. The van der Waals surface area contributed by atoms with Gasteiger partial charge in [-0.05, 0) is 88.1 Å². The Morgan fingerprint density at radius 2 is 1.56 bits per heavy atom. The van der Waals surface area contributed by atoms with Crippen LogP contribution in [0.5, 0.6) is 5.75 Å². The first-order valence-electron chi connectivity index (χ1n) is 10.2. The fourth-order valence-corrected chi connectivity index (χ4v) is 4.99. The van der Waals surface area contributed by atoms with Crippen molar-refractivity contribution >= 4 is 27.6 Å². The van der Waals surface area contributed by atoms with E-state index in [9.17, 15) is 18.0 Å². The Morgan fingerprint density at radius 1 is 1.00 bits per heavy atom. The SMILES string of the molecule is CCOc1ccc(NC(=O)COC(=O)C(C)NS(=O)(=O)c2c(C)c(C)cc(C)c2C)cc1. The van der Waals surface area contributed by atoms with E-state index in [4.69, 9.17) is 9.47 Å². The van der Waals surface area contributed by atoms with Gasteiger partial charge >= 0.3 is 5.97 Å². The first-order chi connectivity index (χ1) is 15.0. The monoisotopic (exact) mass is 462 g/mol. The van der Waals surface area contributed by atoms with Crippen molar-refractivity contribution < 1.29 is 27.5 Å². The van der Waals surface area contributed by atoms with Crippen LogP contribution in [0.4, 0.5) is 5.69 Å². The molecule has 1 amide bonds. The van der Waals surface area contributed by atoms with Crippen LogP contribution in [-0.2, 0) is 24.3 Å². The van der Waals surface area contributed by atoms with E-state index in [0.29, 0.717) is 29.2 Å². The Kier molecular flexibility index (Phi) is 8.40. The smallest absolute Gasteiger partial charge is 0.324 e. The van der Waals surface area contributed by atoms with Crippen LogP contribution < -0.4 is 14.8 Å². The molecular weight excluding hydrogens is 432 g/mol. The number of esters is 1. The van der Waals surface area contributed by atoms with Crippen molar-refractivity contribution in [3.8, 4) is 5.75 Å². The Balaban J connectivity index is 1.97. The van der Waals surface area contributed by atoms with E-state index in [2.05, 4.69) is 10.0 Å². The van der Waals surface area contributed by atoms with Crippen LogP contribution in [0.3, 0.4) is 0 Å². The van der Waals surface area contributed by atoms with Crippen molar-refractivity contribution in [1.29, 1.82) is 0 Å². The summed E-state index contributed by atoms with van der Waals surface area (Å²) >= 11 is 0. The van der Waals surface area contributed by atoms with Gasteiger partial charge in [0, 0.05) is 5.69 Å². The fourth-order valence-electron chi connectivity index (χ4n) is 3.18. The molecule has 2 aromatic rings. The summed E-state index contributed by atoms with van der Waals surface area (Å²) in [5.74, 6) is -0.721. The zero-order valence-electron chi connectivity index (χ0n) is 19.2. The lowest BCUT2D eigenvalue weighted by molar-refractivity contribution is -0.148. The van der Waals surface area contributed by atoms with E-state index in [0.717, 1.165) is 11.1 Å². The standard InChI is InChI=1S/C23H30N2O6S/c1-7-30-20-10-8-19(9-11-20)24-21(26)13-31-23(27)18(6)25-32(28,29)22-16(4)14(2)12-15(3)17(22)5/h8-12,18,25H,7,13H2,1-6H3,(H,24,26). The molecule has 0 fully saturated rings. The molecule has 0 saturated heterocycles. The maximum atomic E-state index is 12.9. The van der Waals surface area contributed by atoms with Gasteiger partial charge in [0.1, 0.15) is 11.8 Å². The lowest BCUT2D eigenvalue weighted by Gasteiger charge is -2.18. The molecule has 0 spiro atoms. The van der Waals surface area contributed by atoms with Gasteiger partial charge in [-0.1, -0.05) is 6.07 Å². The van der Waals surface area contributed by atoms with E-state index in [1.807, 2.05) is 26.8 Å². The summed E-state index contributed by atoms with van der Waals surface area (Å²) in [6, 6.07) is 7.49. The van der Waals surface area contributed by atoms with Crippen molar-refractivity contribution in [1.82, 2.24) is 4.72 Å². The number of nitrogens with one attached hydrogen (secondary N) is 2. The molecule has 0 aliphatic heterocycles. The topological polar surface area (TPSA) is 111 Å². The minimum atomic E-state index is -3.97. The summed E-state index contributed by atoms with van der Waals surface area (Å²) in [5.41, 5.74) is 3.44. The van der Waals surface area contributed by atoms with E-state index in [1.54, 1.807) is 38.1 Å². The predicted molar refractivity (Wildman–Crippen MR) is 122 cm³/mol. The number of hydrogen-bond acceptors (Lipinski definition) is 6. The number of sulfonamides is 1. The third-order valence-electron chi connectivity index (χ3n) is 5.05. The Hall–Kier alpha value is -2.91. The predicted octanol–water partition coefficient (Wildman–Crippen LogP) is 3.17. The molecule has 174 valence electrons. The normalized spacial score (nSPS) is 12.2. The van der Waals surface area contributed by atoms with Gasteiger partial charge in [0.15, 0.2) is 6.61 Å². The summed E-state index contributed by atoms with van der Waals surface area (Å²) in [5, 5.41) is 2.60. The molecular formula is C23H30N2O6S. The highest BCUT2D eigenvalue weighted by molar-refractivity contribution is 7.89. The molecule has 1 atom stereocenters. The molecule has 0 heterocycles. The lowest BCUT2D eigenvalue weighted by Crippen LogP contribution is -2.41. The third-order valence-corrected chi connectivity index (χ3v) is 6.86. The van der Waals surface area contributed by atoms with Crippen LogP contribution >= 0.6 is 0 Å². The van der Waals surface area contributed by atoms with E-state index in [-0.39, 0.29) is 4.90 Å². The number of carbonyl (C=O) groups excluding carboxylic acids is 2. The molecule has 2 N–H and O–H groups in total. The van der Waals surface area contributed by atoms with Crippen LogP contribution in [0.15, 0.2) is 35.2 Å². The Bertz CT molecular complexity index is 1070. The number of carbonyl (C=O) groups is 2. The van der Waals surface area contributed by atoms with E-state index in [1.165, 1.54) is 6.92 Å². The maximum absolute atomic E-state index is 12.9. The molecule has 9 heteroatoms. The molecule has 1 unspecified atom stereocenters. The minimum absolute atomic E-state index is 0.155. The second-order valence-electron chi connectivity index (χ2n) is 7.55. The van der Waals surface area contributed by atoms with Crippen molar-refractivity contribution in [3.05, 3.63) is 52.6 Å². The first kappa shape index (κ1) is 25.4. The molecule has 0 radical (unpaired) electrons. The van der Waals surface area contributed by atoms with Crippen LogP contribution in [0.1, 0.15) is 36.1 Å². The molecule has 0 bridgehead atoms. The largest absolute Gasteiger partial charge is 0.494 e. The molecule has 0 saturated carbocycles. The summed E-state index contributed by atoms with van der Waals surface area (Å²) in [6.45, 7) is 10.4. The van der Waals surface area contributed by atoms with Gasteiger partial charge in [0.05, 0.1) is 11.5 Å². The highest BCUT2D eigenvalue weighted by Crippen LogP contribution is 2.26. The van der Waals surface area contributed by atoms with Gasteiger partial charge < -0.3 is 14.8 Å². The van der Waals surface area contributed by atoms with Crippen LogP contribution in [0.2, 0.25) is 0 Å². The zero-order valence-corrected chi connectivity index (χ0v) is 20.1. The molecule has 0 aliphatic carbocycles. The summed E-state index contributed by atoms with van der Waals surface area (Å²) in [6.07, 6.45) is 0. The third kappa shape index (κ3) is 6.30. The number of anilines is 1. The van der Waals surface area contributed by atoms with Gasteiger partial charge in [-0.15, -0.1) is 0 Å². The van der Waals surface area contributed by atoms with Crippen molar-refractivity contribution in [3.63, 3.8) is 0 Å². The summed E-state index contributed by atoms with van der Waals surface area (Å²) in [4.78, 5) is 24.5. The summed E-state index contributed by atoms with van der Waals surface area (Å²) < 4.78 is 38.5. The molecule has 32 heavy (non-hydrogen) atoms. The van der Waals surface area contributed by atoms with Crippen molar-refractivity contribution in [2.24, 2.45) is 0 Å². The second kappa shape index (κ2) is 10.6. The number of ether oxygens (including phenoxy) is 2. The summed E-state index contributed by atoms with van der Waals surface area (Å²) in [7, 11) is -3.97. The molecule has 2 aromatic carbocycles. The Morgan fingerprint density at radius 3 is 2.09 bits per heavy atom. The average Bonchev–Trinajstić information content (AvgIpc) is 2.71. The van der Waals surface area contributed by atoms with Gasteiger partial charge in [0.2, 0.25) is 10.0 Å². The quantitative estimate of drug-likeness (QED) is 0.554. The van der Waals surface area contributed by atoms with Gasteiger partial charge in [-0.2, -0.15) is 4.72 Å². The fraction of sp³-hybridized carbons (Fsp3) is 0.391. The van der Waals surface area contributed by atoms with Crippen LogP contribution in [0.25, 0.3) is 0 Å². The zero-order chi connectivity index (χ0) is 24.1. The molecule has 8 nitrogen and oxygen atoms in total. The van der Waals surface area contributed by atoms with E-state index >= 15 is 0 Å². The highest BCUT2D eigenvalue weighted by Gasteiger charge is 2.27. The van der Waals surface area contributed by atoms with Crippen LogP contribution in [0, 0.1) is 27.7 Å². The number of benzene rings is 2. The molecule has 2 rings (SSSR count). The number of aryl methyl sites for hydroxylation is 2. The van der Waals surface area contributed by atoms with Crippen molar-refractivity contribution in [2.75, 3.05) is 18.5 Å². The van der Waals surface area contributed by atoms with Gasteiger partial charge in [-0.25, -0.2) is 8.42 Å². The van der Waals surface area contributed by atoms with Crippen LogP contribution in [-0.4, -0.2) is 39.5 Å². The maximum Gasteiger partial charge on any atom is 0.324 e. The van der Waals surface area contributed by atoms with Gasteiger partial charge in [0.25, 0.3) is 5.91 Å². The number of rotatable bonds is 9. The highest BCUT2D eigenvalue weighted by atomic mass is 32.2. The Labute approximate surface area is 189 Å². The lowest BCUT2D eigenvalue weighted by atomic mass is 10.0. The first-order valence-corrected chi connectivity index (χ1v) is 11.7. The molecule has 0 aromatic heterocycles.